The first-order valence-electron chi connectivity index (χ1n) is 11.4. The standard InChI is InChI=1S/C27H28N4O3Si/c1-33-22-7-8-23(20(12-22)14-28)21-13-24-25(26(32)19-6-5-9-29-15-19)17-31(27(24)30-16-21)18-34-10-11-35(2,3)4/h5-9,12-13,15-17H,10-11,18H2,1-4H3. The predicted octanol–water partition coefficient (Wildman–Crippen LogP) is 5.52. The Morgan fingerprint density at radius 1 is 1.17 bits per heavy atom. The molecule has 3 aromatic heterocycles. The summed E-state index contributed by atoms with van der Waals surface area (Å²) >= 11 is 0. The molecule has 0 aliphatic carbocycles. The van der Waals surface area contributed by atoms with Crippen LogP contribution in [-0.2, 0) is 11.5 Å². The fourth-order valence-corrected chi connectivity index (χ4v) is 4.54. The van der Waals surface area contributed by atoms with E-state index in [4.69, 9.17) is 9.47 Å². The number of hydrogen-bond donors (Lipinski definition) is 0. The maximum Gasteiger partial charge on any atom is 0.196 e. The van der Waals surface area contributed by atoms with E-state index in [0.29, 0.717) is 46.8 Å². The van der Waals surface area contributed by atoms with Crippen molar-refractivity contribution in [2.75, 3.05) is 13.7 Å². The molecule has 7 nitrogen and oxygen atoms in total. The van der Waals surface area contributed by atoms with E-state index in [-0.39, 0.29) is 5.78 Å². The van der Waals surface area contributed by atoms with Crippen molar-refractivity contribution < 1.29 is 14.3 Å². The molecule has 0 N–H and O–H groups in total. The Hall–Kier alpha value is -3.80. The zero-order valence-corrected chi connectivity index (χ0v) is 21.4. The summed E-state index contributed by atoms with van der Waals surface area (Å²) in [6.45, 7) is 7.90. The molecule has 35 heavy (non-hydrogen) atoms. The van der Waals surface area contributed by atoms with Crippen molar-refractivity contribution >= 4 is 24.9 Å². The third kappa shape index (κ3) is 5.48. The number of benzene rings is 1. The summed E-state index contributed by atoms with van der Waals surface area (Å²) in [5.74, 6) is 0.464. The lowest BCUT2D eigenvalue weighted by atomic mass is 9.99. The smallest absolute Gasteiger partial charge is 0.196 e. The average molecular weight is 485 g/mol. The molecule has 8 heteroatoms. The second-order valence-electron chi connectivity index (χ2n) is 9.55. The number of ether oxygens (including phenoxy) is 2. The van der Waals surface area contributed by atoms with E-state index in [9.17, 15) is 10.1 Å². The summed E-state index contributed by atoms with van der Waals surface area (Å²) in [6, 6.07) is 14.0. The highest BCUT2D eigenvalue weighted by Gasteiger charge is 2.20. The monoisotopic (exact) mass is 484 g/mol. The number of ketones is 1. The van der Waals surface area contributed by atoms with Crippen molar-refractivity contribution in [3.05, 3.63) is 77.9 Å². The van der Waals surface area contributed by atoms with Gasteiger partial charge in [-0.05, 0) is 42.4 Å². The maximum atomic E-state index is 13.4. The minimum absolute atomic E-state index is 0.141. The lowest BCUT2D eigenvalue weighted by Crippen LogP contribution is -2.22. The summed E-state index contributed by atoms with van der Waals surface area (Å²) in [5.41, 5.74) is 3.61. The van der Waals surface area contributed by atoms with Crippen LogP contribution in [0.15, 0.2) is 61.2 Å². The van der Waals surface area contributed by atoms with Crippen LogP contribution in [0.1, 0.15) is 21.5 Å². The van der Waals surface area contributed by atoms with Gasteiger partial charge in [-0.2, -0.15) is 5.26 Å². The van der Waals surface area contributed by atoms with Gasteiger partial charge in [0.25, 0.3) is 0 Å². The molecule has 178 valence electrons. The average Bonchev–Trinajstić information content (AvgIpc) is 3.23. The van der Waals surface area contributed by atoms with Crippen molar-refractivity contribution in [2.45, 2.75) is 32.4 Å². The summed E-state index contributed by atoms with van der Waals surface area (Å²) in [5, 5.41) is 10.4. The minimum Gasteiger partial charge on any atom is -0.497 e. The van der Waals surface area contributed by atoms with Crippen molar-refractivity contribution in [2.24, 2.45) is 0 Å². The quantitative estimate of drug-likeness (QED) is 0.176. The molecule has 0 saturated heterocycles. The van der Waals surface area contributed by atoms with Crippen molar-refractivity contribution in [3.8, 4) is 22.9 Å². The number of rotatable bonds is 9. The van der Waals surface area contributed by atoms with Crippen LogP contribution in [0.4, 0.5) is 0 Å². The topological polar surface area (TPSA) is 90.0 Å². The van der Waals surface area contributed by atoms with Crippen molar-refractivity contribution in [1.29, 1.82) is 5.26 Å². The number of methoxy groups -OCH3 is 1. The van der Waals surface area contributed by atoms with Crippen molar-refractivity contribution in [3.63, 3.8) is 0 Å². The van der Waals surface area contributed by atoms with Crippen LogP contribution in [0, 0.1) is 11.3 Å². The van der Waals surface area contributed by atoms with Gasteiger partial charge in [0.15, 0.2) is 5.78 Å². The Bertz CT molecular complexity index is 1400. The van der Waals surface area contributed by atoms with E-state index < -0.39 is 8.07 Å². The molecule has 1 aromatic carbocycles. The molecule has 0 aliphatic rings. The van der Waals surface area contributed by atoms with Gasteiger partial charge in [-0.15, -0.1) is 0 Å². The highest BCUT2D eigenvalue weighted by atomic mass is 28.3. The van der Waals surface area contributed by atoms with Gasteiger partial charge in [0.05, 0.1) is 18.7 Å². The Morgan fingerprint density at radius 2 is 2.00 bits per heavy atom. The highest BCUT2D eigenvalue weighted by Crippen LogP contribution is 2.31. The van der Waals surface area contributed by atoms with Crippen LogP contribution in [0.25, 0.3) is 22.2 Å². The van der Waals surface area contributed by atoms with Gasteiger partial charge in [-0.3, -0.25) is 9.78 Å². The van der Waals surface area contributed by atoms with Crippen LogP contribution >= 0.6 is 0 Å². The molecule has 0 unspecified atom stereocenters. The van der Waals surface area contributed by atoms with E-state index in [2.05, 4.69) is 35.7 Å². The van der Waals surface area contributed by atoms with E-state index in [1.165, 1.54) is 0 Å². The molecule has 4 rings (SSSR count). The molecule has 0 saturated carbocycles. The summed E-state index contributed by atoms with van der Waals surface area (Å²) in [6.07, 6.45) is 6.72. The summed E-state index contributed by atoms with van der Waals surface area (Å²) < 4.78 is 13.1. The van der Waals surface area contributed by atoms with E-state index in [0.717, 1.165) is 17.2 Å². The molecule has 3 heterocycles. The molecule has 0 radical (unpaired) electrons. The molecular weight excluding hydrogens is 456 g/mol. The SMILES string of the molecule is COc1ccc(-c2cnc3c(c2)c(C(=O)c2cccnc2)cn3COCC[Si](C)(C)C)c(C#N)c1. The van der Waals surface area contributed by atoms with Crippen LogP contribution < -0.4 is 4.74 Å². The first kappa shape index (κ1) is 24.3. The Morgan fingerprint density at radius 3 is 2.69 bits per heavy atom. The third-order valence-corrected chi connectivity index (χ3v) is 7.47. The van der Waals surface area contributed by atoms with Gasteiger partial charge < -0.3 is 14.0 Å². The second-order valence-corrected chi connectivity index (χ2v) is 15.2. The fourth-order valence-electron chi connectivity index (χ4n) is 3.79. The molecule has 0 amide bonds. The normalized spacial score (nSPS) is 11.4. The number of nitriles is 1. The maximum absolute atomic E-state index is 13.4. The van der Waals surface area contributed by atoms with Gasteiger partial charge in [0.1, 0.15) is 18.1 Å². The number of fused-ring (bicyclic) bond motifs is 1. The number of aromatic nitrogens is 3. The minimum atomic E-state index is -1.21. The Kier molecular flexibility index (Phi) is 7.10. The zero-order valence-electron chi connectivity index (χ0n) is 20.4. The summed E-state index contributed by atoms with van der Waals surface area (Å²) in [4.78, 5) is 22.2. The number of carbonyl (C=O) groups is 1. The van der Waals surface area contributed by atoms with E-state index >= 15 is 0 Å². The highest BCUT2D eigenvalue weighted by molar-refractivity contribution is 6.76. The molecule has 0 atom stereocenters. The first-order chi connectivity index (χ1) is 16.8. The van der Waals surface area contributed by atoms with Crippen molar-refractivity contribution in [1.82, 2.24) is 14.5 Å². The Labute approximate surface area is 206 Å². The molecule has 0 bridgehead atoms. The molecule has 0 fully saturated rings. The largest absolute Gasteiger partial charge is 0.497 e. The van der Waals surface area contributed by atoms with Crippen LogP contribution in [-0.4, -0.2) is 42.1 Å². The number of nitrogens with zero attached hydrogens (tertiary/aromatic N) is 4. The molecular formula is C27H28N4O3Si. The van der Waals surface area contributed by atoms with E-state index in [1.54, 1.807) is 56.2 Å². The molecule has 0 aliphatic heterocycles. The Balaban J connectivity index is 1.77. The van der Waals surface area contributed by atoms with Crippen LogP contribution in [0.5, 0.6) is 5.75 Å². The van der Waals surface area contributed by atoms with Crippen LogP contribution in [0.3, 0.4) is 0 Å². The van der Waals surface area contributed by atoms with E-state index in [1.807, 2.05) is 16.7 Å². The van der Waals surface area contributed by atoms with Gasteiger partial charge in [0.2, 0.25) is 0 Å². The van der Waals surface area contributed by atoms with Gasteiger partial charge >= 0.3 is 0 Å². The number of pyridine rings is 2. The fraction of sp³-hybridized carbons (Fsp3) is 0.259. The lowest BCUT2D eigenvalue weighted by molar-refractivity contribution is 0.0896. The molecule has 4 aromatic rings. The predicted molar refractivity (Wildman–Crippen MR) is 138 cm³/mol. The lowest BCUT2D eigenvalue weighted by Gasteiger charge is -2.15. The second kappa shape index (κ2) is 10.2. The van der Waals surface area contributed by atoms with Gasteiger partial charge in [0, 0.05) is 67.1 Å². The van der Waals surface area contributed by atoms with Gasteiger partial charge in [-0.1, -0.05) is 19.6 Å². The van der Waals surface area contributed by atoms with Crippen LogP contribution in [0.2, 0.25) is 25.7 Å². The zero-order chi connectivity index (χ0) is 25.0. The van der Waals surface area contributed by atoms with Gasteiger partial charge in [-0.25, -0.2) is 4.98 Å². The number of hydrogen-bond acceptors (Lipinski definition) is 6. The number of carbonyl (C=O) groups excluding carboxylic acids is 1. The third-order valence-electron chi connectivity index (χ3n) is 5.77. The molecule has 0 spiro atoms. The first-order valence-corrected chi connectivity index (χ1v) is 15.1. The summed E-state index contributed by atoms with van der Waals surface area (Å²) in [7, 11) is 0.351.